The zero-order valence-electron chi connectivity index (χ0n) is 12.0. The molecule has 3 aromatic rings. The summed E-state index contributed by atoms with van der Waals surface area (Å²) < 4.78 is 2.18. The first kappa shape index (κ1) is 16.0. The lowest BCUT2D eigenvalue weighted by Crippen LogP contribution is -2.11. The molecular formula is C15H11Cl2N3O2S. The third-order valence-electron chi connectivity index (χ3n) is 3.29. The molecule has 0 aliphatic rings. The van der Waals surface area contributed by atoms with Crippen LogP contribution in [0.3, 0.4) is 0 Å². The largest absolute Gasteiger partial charge is 0.477 e. The molecule has 0 radical (unpaired) electrons. The molecule has 0 aromatic carbocycles. The van der Waals surface area contributed by atoms with Gasteiger partial charge in [-0.3, -0.25) is 4.98 Å². The lowest BCUT2D eigenvalue weighted by Gasteiger charge is -2.09. The van der Waals surface area contributed by atoms with E-state index in [0.29, 0.717) is 20.9 Å². The van der Waals surface area contributed by atoms with Gasteiger partial charge in [-0.15, -0.1) is 11.3 Å². The van der Waals surface area contributed by atoms with Crippen LogP contribution in [0, 0.1) is 6.92 Å². The summed E-state index contributed by atoms with van der Waals surface area (Å²) in [5, 5.41) is 10.0. The van der Waals surface area contributed by atoms with Gasteiger partial charge in [0.2, 0.25) is 0 Å². The van der Waals surface area contributed by atoms with Crippen molar-refractivity contribution in [3.63, 3.8) is 0 Å². The highest BCUT2D eigenvalue weighted by Crippen LogP contribution is 2.33. The van der Waals surface area contributed by atoms with Crippen LogP contribution in [-0.4, -0.2) is 25.6 Å². The molecule has 0 fully saturated rings. The minimum absolute atomic E-state index is 0.129. The van der Waals surface area contributed by atoms with Gasteiger partial charge in [-0.1, -0.05) is 23.2 Å². The van der Waals surface area contributed by atoms with Gasteiger partial charge in [0.15, 0.2) is 5.69 Å². The van der Waals surface area contributed by atoms with Gasteiger partial charge in [0.05, 0.1) is 21.6 Å². The van der Waals surface area contributed by atoms with Crippen molar-refractivity contribution in [2.75, 3.05) is 0 Å². The van der Waals surface area contributed by atoms with E-state index in [1.165, 1.54) is 11.3 Å². The number of carboxylic acid groups (broad SMARTS) is 1. The Bertz CT molecular complexity index is 874. The summed E-state index contributed by atoms with van der Waals surface area (Å²) >= 11 is 13.5. The molecule has 118 valence electrons. The van der Waals surface area contributed by atoms with Gasteiger partial charge in [0.25, 0.3) is 0 Å². The first-order valence-electron chi connectivity index (χ1n) is 6.62. The van der Waals surface area contributed by atoms with Crippen LogP contribution in [-0.2, 0) is 6.54 Å². The molecule has 0 saturated carbocycles. The number of pyridine rings is 1. The molecule has 0 unspecified atom stereocenters. The van der Waals surface area contributed by atoms with Crippen molar-refractivity contribution >= 4 is 40.5 Å². The molecule has 5 nitrogen and oxygen atoms in total. The number of aryl methyl sites for hydroxylation is 1. The summed E-state index contributed by atoms with van der Waals surface area (Å²) in [5.41, 5.74) is 1.31. The van der Waals surface area contributed by atoms with Crippen LogP contribution in [0.2, 0.25) is 9.36 Å². The second-order valence-corrected chi connectivity index (χ2v) is 7.00. The Morgan fingerprint density at radius 3 is 2.78 bits per heavy atom. The normalized spacial score (nSPS) is 10.9. The molecule has 3 rings (SSSR count). The van der Waals surface area contributed by atoms with Crippen LogP contribution in [0.5, 0.6) is 0 Å². The number of carboxylic acids is 1. The molecule has 3 heterocycles. The van der Waals surface area contributed by atoms with Gasteiger partial charge in [-0.25, -0.2) is 9.78 Å². The minimum Gasteiger partial charge on any atom is -0.477 e. The fourth-order valence-corrected chi connectivity index (χ4v) is 3.90. The fourth-order valence-electron chi connectivity index (χ4n) is 2.34. The summed E-state index contributed by atoms with van der Waals surface area (Å²) in [6.45, 7) is 1.95. The maximum absolute atomic E-state index is 11.6. The number of nitrogens with zero attached hydrogens (tertiary/aromatic N) is 3. The van der Waals surface area contributed by atoms with E-state index in [9.17, 15) is 9.90 Å². The predicted molar refractivity (Wildman–Crippen MR) is 90.6 cm³/mol. The van der Waals surface area contributed by atoms with Crippen LogP contribution in [0.1, 0.15) is 21.1 Å². The molecule has 0 atom stereocenters. The maximum atomic E-state index is 11.6. The highest BCUT2D eigenvalue weighted by Gasteiger charge is 2.22. The molecule has 0 spiro atoms. The third kappa shape index (κ3) is 3.10. The smallest absolute Gasteiger partial charge is 0.354 e. The zero-order valence-corrected chi connectivity index (χ0v) is 14.3. The number of aromatic carboxylic acids is 1. The van der Waals surface area contributed by atoms with E-state index in [4.69, 9.17) is 23.2 Å². The van der Waals surface area contributed by atoms with E-state index in [1.807, 2.05) is 6.07 Å². The Hall–Kier alpha value is -1.89. The second kappa shape index (κ2) is 6.31. The average molecular weight is 368 g/mol. The molecule has 0 aliphatic carbocycles. The topological polar surface area (TPSA) is 68.0 Å². The summed E-state index contributed by atoms with van der Waals surface area (Å²) in [7, 11) is 0. The molecule has 3 aromatic heterocycles. The molecule has 8 heteroatoms. The van der Waals surface area contributed by atoms with Crippen molar-refractivity contribution in [1.29, 1.82) is 0 Å². The molecule has 23 heavy (non-hydrogen) atoms. The Morgan fingerprint density at radius 2 is 2.22 bits per heavy atom. The third-order valence-corrected chi connectivity index (χ3v) is 4.99. The van der Waals surface area contributed by atoms with Gasteiger partial charge in [0, 0.05) is 22.8 Å². The van der Waals surface area contributed by atoms with Crippen molar-refractivity contribution in [3.05, 3.63) is 56.2 Å². The van der Waals surface area contributed by atoms with Crippen molar-refractivity contribution in [2.45, 2.75) is 13.5 Å². The molecule has 0 saturated heterocycles. The van der Waals surface area contributed by atoms with E-state index in [1.54, 1.807) is 36.0 Å². The highest BCUT2D eigenvalue weighted by molar-refractivity contribution is 7.16. The Labute approximate surface area is 146 Å². The SMILES string of the molecule is Cc1nc(-c2cccnc2)n(Cc2sc(Cl)cc2Cl)c1C(=O)O. The number of carbonyl (C=O) groups is 1. The summed E-state index contributed by atoms with van der Waals surface area (Å²) in [5.74, 6) is -0.502. The number of thiophene rings is 1. The van der Waals surface area contributed by atoms with Gasteiger partial charge in [0.1, 0.15) is 5.82 Å². The number of rotatable bonds is 4. The first-order chi connectivity index (χ1) is 11.0. The standard InChI is InChI=1S/C15H11Cl2N3O2S/c1-8-13(15(21)22)20(7-11-10(16)5-12(17)23-11)14(19-8)9-3-2-4-18-6-9/h2-6H,7H2,1H3,(H,21,22). The van der Waals surface area contributed by atoms with Crippen LogP contribution >= 0.6 is 34.5 Å². The molecule has 0 amide bonds. The second-order valence-electron chi connectivity index (χ2n) is 4.82. The maximum Gasteiger partial charge on any atom is 0.354 e. The Kier molecular flexibility index (Phi) is 4.39. The molecule has 0 aliphatic heterocycles. The van der Waals surface area contributed by atoms with Crippen LogP contribution < -0.4 is 0 Å². The Balaban J connectivity index is 2.16. The van der Waals surface area contributed by atoms with Gasteiger partial charge >= 0.3 is 5.97 Å². The van der Waals surface area contributed by atoms with Crippen LogP contribution in [0.4, 0.5) is 0 Å². The van der Waals surface area contributed by atoms with Crippen molar-refractivity contribution in [3.8, 4) is 11.4 Å². The van der Waals surface area contributed by atoms with E-state index in [-0.39, 0.29) is 12.2 Å². The lowest BCUT2D eigenvalue weighted by atomic mass is 10.2. The van der Waals surface area contributed by atoms with Crippen molar-refractivity contribution in [1.82, 2.24) is 14.5 Å². The van der Waals surface area contributed by atoms with Gasteiger partial charge in [-0.05, 0) is 25.1 Å². The highest BCUT2D eigenvalue weighted by atomic mass is 35.5. The summed E-state index contributed by atoms with van der Waals surface area (Å²) in [4.78, 5) is 20.9. The van der Waals surface area contributed by atoms with Crippen LogP contribution in [0.15, 0.2) is 30.6 Å². The molecular weight excluding hydrogens is 357 g/mol. The average Bonchev–Trinajstić information content (AvgIpc) is 3.00. The van der Waals surface area contributed by atoms with Gasteiger partial charge in [-0.2, -0.15) is 0 Å². The monoisotopic (exact) mass is 367 g/mol. The predicted octanol–water partition coefficient (Wildman–Crippen LogP) is 4.37. The van der Waals surface area contributed by atoms with Crippen molar-refractivity contribution in [2.24, 2.45) is 0 Å². The summed E-state index contributed by atoms with van der Waals surface area (Å²) in [6, 6.07) is 5.26. The van der Waals surface area contributed by atoms with E-state index in [0.717, 1.165) is 10.4 Å². The summed E-state index contributed by atoms with van der Waals surface area (Å²) in [6.07, 6.45) is 3.30. The van der Waals surface area contributed by atoms with E-state index >= 15 is 0 Å². The fraction of sp³-hybridized carbons (Fsp3) is 0.133. The number of hydrogen-bond acceptors (Lipinski definition) is 4. The van der Waals surface area contributed by atoms with E-state index < -0.39 is 5.97 Å². The number of hydrogen-bond donors (Lipinski definition) is 1. The number of aromatic nitrogens is 3. The van der Waals surface area contributed by atoms with E-state index in [2.05, 4.69) is 9.97 Å². The number of halogens is 2. The first-order valence-corrected chi connectivity index (χ1v) is 8.19. The molecule has 1 N–H and O–H groups in total. The lowest BCUT2D eigenvalue weighted by molar-refractivity contribution is 0.0685. The Morgan fingerprint density at radius 1 is 1.43 bits per heavy atom. The quantitative estimate of drug-likeness (QED) is 0.743. The zero-order chi connectivity index (χ0) is 16.6. The van der Waals surface area contributed by atoms with Gasteiger partial charge < -0.3 is 9.67 Å². The number of imidazole rings is 1. The van der Waals surface area contributed by atoms with Crippen LogP contribution in [0.25, 0.3) is 11.4 Å². The minimum atomic E-state index is -1.04. The van der Waals surface area contributed by atoms with Crippen molar-refractivity contribution < 1.29 is 9.90 Å². The molecule has 0 bridgehead atoms.